The van der Waals surface area contributed by atoms with Gasteiger partial charge in [-0.1, -0.05) is 12.0 Å². The zero-order valence-corrected chi connectivity index (χ0v) is 11.8. The molecule has 1 aromatic heterocycles. The van der Waals surface area contributed by atoms with E-state index < -0.39 is 0 Å². The molecule has 0 radical (unpaired) electrons. The molecule has 108 valence electrons. The number of ether oxygens (including phenoxy) is 1. The third-order valence-corrected chi connectivity index (χ3v) is 3.08. The molecule has 6 heteroatoms. The SMILES string of the molecule is CCCNC(C)c1nnc(NCCOCC2CC2)o1. The molecule has 0 saturated heterocycles. The number of nitrogens with one attached hydrogen (secondary N) is 2. The molecule has 0 aliphatic heterocycles. The van der Waals surface area contributed by atoms with Crippen molar-refractivity contribution in [3.05, 3.63) is 5.89 Å². The molecule has 0 aromatic carbocycles. The Hall–Kier alpha value is -1.14. The maximum atomic E-state index is 5.53. The summed E-state index contributed by atoms with van der Waals surface area (Å²) in [5.41, 5.74) is 0. The van der Waals surface area contributed by atoms with E-state index in [1.807, 2.05) is 6.92 Å². The second-order valence-electron chi connectivity index (χ2n) is 5.07. The number of nitrogens with zero attached hydrogens (tertiary/aromatic N) is 2. The zero-order valence-electron chi connectivity index (χ0n) is 11.8. The van der Waals surface area contributed by atoms with Gasteiger partial charge < -0.3 is 19.8 Å². The minimum atomic E-state index is 0.0918. The lowest BCUT2D eigenvalue weighted by Crippen LogP contribution is -2.19. The third-order valence-electron chi connectivity index (χ3n) is 3.08. The molecular weight excluding hydrogens is 244 g/mol. The lowest BCUT2D eigenvalue weighted by molar-refractivity contribution is 0.133. The number of aromatic nitrogens is 2. The van der Waals surface area contributed by atoms with Gasteiger partial charge in [0.05, 0.1) is 12.6 Å². The lowest BCUT2D eigenvalue weighted by atomic mass is 10.3. The third kappa shape index (κ3) is 5.16. The van der Waals surface area contributed by atoms with Gasteiger partial charge in [0.15, 0.2) is 0 Å². The molecule has 1 saturated carbocycles. The lowest BCUT2D eigenvalue weighted by Gasteiger charge is -2.07. The zero-order chi connectivity index (χ0) is 13.5. The standard InChI is InChI=1S/C13H24N4O2/c1-3-6-14-10(2)12-16-17-13(19-12)15-7-8-18-9-11-4-5-11/h10-11,14H,3-9H2,1-2H3,(H,15,17). The summed E-state index contributed by atoms with van der Waals surface area (Å²) < 4.78 is 11.1. The van der Waals surface area contributed by atoms with Gasteiger partial charge in [0, 0.05) is 13.2 Å². The Labute approximate surface area is 114 Å². The average molecular weight is 268 g/mol. The van der Waals surface area contributed by atoms with Crippen LogP contribution in [0, 0.1) is 5.92 Å². The van der Waals surface area contributed by atoms with Crippen molar-refractivity contribution in [1.82, 2.24) is 15.5 Å². The summed E-state index contributed by atoms with van der Waals surface area (Å²) in [5.74, 6) is 1.43. The van der Waals surface area contributed by atoms with Crippen LogP contribution >= 0.6 is 0 Å². The van der Waals surface area contributed by atoms with Crippen LogP contribution in [0.15, 0.2) is 4.42 Å². The molecule has 1 heterocycles. The van der Waals surface area contributed by atoms with E-state index in [-0.39, 0.29) is 6.04 Å². The monoisotopic (exact) mass is 268 g/mol. The predicted octanol–water partition coefficient (Wildman–Crippen LogP) is 1.97. The van der Waals surface area contributed by atoms with Crippen molar-refractivity contribution in [2.45, 2.75) is 39.2 Å². The predicted molar refractivity (Wildman–Crippen MR) is 73.0 cm³/mol. The van der Waals surface area contributed by atoms with Gasteiger partial charge in [-0.3, -0.25) is 0 Å². The minimum Gasteiger partial charge on any atom is -0.406 e. The average Bonchev–Trinajstić information content (AvgIpc) is 3.12. The van der Waals surface area contributed by atoms with Crippen LogP contribution in [0.2, 0.25) is 0 Å². The molecule has 0 spiro atoms. The second kappa shape index (κ2) is 7.45. The molecular formula is C13H24N4O2. The molecule has 1 atom stereocenters. The first-order valence-electron chi connectivity index (χ1n) is 7.18. The van der Waals surface area contributed by atoms with E-state index in [0.29, 0.717) is 25.1 Å². The van der Waals surface area contributed by atoms with Gasteiger partial charge >= 0.3 is 6.01 Å². The van der Waals surface area contributed by atoms with Gasteiger partial charge in [-0.25, -0.2) is 0 Å². The normalized spacial score (nSPS) is 16.5. The highest BCUT2D eigenvalue weighted by atomic mass is 16.5. The van der Waals surface area contributed by atoms with Crippen molar-refractivity contribution in [2.75, 3.05) is 31.6 Å². The van der Waals surface area contributed by atoms with E-state index in [0.717, 1.165) is 25.5 Å². The topological polar surface area (TPSA) is 72.2 Å². The molecule has 1 unspecified atom stereocenters. The molecule has 1 aromatic rings. The van der Waals surface area contributed by atoms with Crippen LogP contribution in [-0.2, 0) is 4.74 Å². The fourth-order valence-electron chi connectivity index (χ4n) is 1.69. The number of hydrogen-bond donors (Lipinski definition) is 2. The van der Waals surface area contributed by atoms with Crippen molar-refractivity contribution in [3.8, 4) is 0 Å². The van der Waals surface area contributed by atoms with Crippen LogP contribution < -0.4 is 10.6 Å². The Kier molecular flexibility index (Phi) is 5.60. The highest BCUT2D eigenvalue weighted by molar-refractivity contribution is 5.16. The van der Waals surface area contributed by atoms with E-state index in [4.69, 9.17) is 9.15 Å². The molecule has 1 aliphatic rings. The van der Waals surface area contributed by atoms with E-state index in [1.54, 1.807) is 0 Å². The maximum Gasteiger partial charge on any atom is 0.315 e. The fourth-order valence-corrected chi connectivity index (χ4v) is 1.69. The Morgan fingerprint density at radius 3 is 2.95 bits per heavy atom. The Balaban J connectivity index is 1.61. The molecule has 1 fully saturated rings. The van der Waals surface area contributed by atoms with Gasteiger partial charge in [-0.05, 0) is 38.6 Å². The van der Waals surface area contributed by atoms with Gasteiger partial charge in [0.2, 0.25) is 5.89 Å². The van der Waals surface area contributed by atoms with E-state index >= 15 is 0 Å². The van der Waals surface area contributed by atoms with Crippen molar-refractivity contribution < 1.29 is 9.15 Å². The molecule has 2 N–H and O–H groups in total. The van der Waals surface area contributed by atoms with Gasteiger partial charge in [-0.2, -0.15) is 0 Å². The highest BCUT2D eigenvalue weighted by Crippen LogP contribution is 2.28. The summed E-state index contributed by atoms with van der Waals surface area (Å²) in [6.45, 7) is 7.35. The molecule has 0 amide bonds. The van der Waals surface area contributed by atoms with Gasteiger partial charge in [0.1, 0.15) is 0 Å². The molecule has 2 rings (SSSR count). The van der Waals surface area contributed by atoms with E-state index in [2.05, 4.69) is 27.8 Å². The Bertz CT molecular complexity index is 365. The first-order valence-corrected chi connectivity index (χ1v) is 7.18. The smallest absolute Gasteiger partial charge is 0.315 e. The maximum absolute atomic E-state index is 5.53. The summed E-state index contributed by atoms with van der Waals surface area (Å²) in [6.07, 6.45) is 3.73. The fraction of sp³-hybridized carbons (Fsp3) is 0.846. The quantitative estimate of drug-likeness (QED) is 0.632. The van der Waals surface area contributed by atoms with Crippen LogP contribution in [0.3, 0.4) is 0 Å². The van der Waals surface area contributed by atoms with Crippen molar-refractivity contribution in [1.29, 1.82) is 0 Å². The van der Waals surface area contributed by atoms with Gasteiger partial charge in [0.25, 0.3) is 0 Å². The Morgan fingerprint density at radius 2 is 2.21 bits per heavy atom. The molecule has 6 nitrogen and oxygen atoms in total. The van der Waals surface area contributed by atoms with Gasteiger partial charge in [-0.15, -0.1) is 5.10 Å². The van der Waals surface area contributed by atoms with Crippen LogP contribution in [0.5, 0.6) is 0 Å². The van der Waals surface area contributed by atoms with E-state index in [9.17, 15) is 0 Å². The number of hydrogen-bond acceptors (Lipinski definition) is 6. The summed E-state index contributed by atoms with van der Waals surface area (Å²) in [7, 11) is 0. The van der Waals surface area contributed by atoms with Crippen LogP contribution in [-0.4, -0.2) is 36.5 Å². The van der Waals surface area contributed by atoms with E-state index in [1.165, 1.54) is 12.8 Å². The first-order chi connectivity index (χ1) is 9.29. The summed E-state index contributed by atoms with van der Waals surface area (Å²) in [6, 6.07) is 0.560. The first kappa shape index (κ1) is 14.3. The largest absolute Gasteiger partial charge is 0.406 e. The van der Waals surface area contributed by atoms with Crippen LogP contribution in [0.25, 0.3) is 0 Å². The second-order valence-corrected chi connectivity index (χ2v) is 5.07. The molecule has 19 heavy (non-hydrogen) atoms. The molecule has 0 bridgehead atoms. The number of rotatable bonds is 10. The highest BCUT2D eigenvalue weighted by Gasteiger charge is 2.20. The van der Waals surface area contributed by atoms with Crippen molar-refractivity contribution >= 4 is 6.01 Å². The van der Waals surface area contributed by atoms with Crippen molar-refractivity contribution in [3.63, 3.8) is 0 Å². The Morgan fingerprint density at radius 1 is 1.37 bits per heavy atom. The van der Waals surface area contributed by atoms with Crippen molar-refractivity contribution in [2.24, 2.45) is 5.92 Å². The van der Waals surface area contributed by atoms with Crippen LogP contribution in [0.1, 0.15) is 45.0 Å². The molecule has 1 aliphatic carbocycles. The van der Waals surface area contributed by atoms with Crippen LogP contribution in [0.4, 0.5) is 6.01 Å². The summed E-state index contributed by atoms with van der Waals surface area (Å²) in [5, 5.41) is 14.4. The summed E-state index contributed by atoms with van der Waals surface area (Å²) in [4.78, 5) is 0. The minimum absolute atomic E-state index is 0.0918. The summed E-state index contributed by atoms with van der Waals surface area (Å²) >= 11 is 0. The number of anilines is 1.